The molecule has 0 aromatic heterocycles. The molecule has 1 saturated heterocycles. The third-order valence-electron chi connectivity index (χ3n) is 3.19. The zero-order chi connectivity index (χ0) is 17.1. The number of thioether (sulfide) groups is 1. The molecule has 1 aliphatic rings. The summed E-state index contributed by atoms with van der Waals surface area (Å²) in [5.41, 5.74) is 1.97. The van der Waals surface area contributed by atoms with Crippen molar-refractivity contribution in [3.05, 3.63) is 67.4 Å². The molecule has 0 saturated carbocycles. The first-order chi connectivity index (χ1) is 11.5. The second-order valence-electron chi connectivity index (χ2n) is 4.94. The lowest BCUT2D eigenvalue weighted by molar-refractivity contribution is -0.115. The van der Waals surface area contributed by atoms with Gasteiger partial charge in [-0.25, -0.2) is 0 Å². The molecule has 1 fully saturated rings. The van der Waals surface area contributed by atoms with Crippen molar-refractivity contribution < 1.29 is 9.53 Å². The summed E-state index contributed by atoms with van der Waals surface area (Å²) in [6.45, 7) is 0.477. The van der Waals surface area contributed by atoms with Crippen LogP contribution < -0.4 is 10.1 Å². The number of ether oxygens (including phenoxy) is 1. The van der Waals surface area contributed by atoms with Gasteiger partial charge in [-0.1, -0.05) is 54.3 Å². The van der Waals surface area contributed by atoms with E-state index in [2.05, 4.69) is 37.2 Å². The van der Waals surface area contributed by atoms with Crippen LogP contribution in [0.3, 0.4) is 0 Å². The van der Waals surface area contributed by atoms with E-state index >= 15 is 0 Å². The Labute approximate surface area is 166 Å². The molecule has 0 atom stereocenters. The van der Waals surface area contributed by atoms with Crippen molar-refractivity contribution in [3.63, 3.8) is 0 Å². The van der Waals surface area contributed by atoms with Crippen LogP contribution >= 0.6 is 55.8 Å². The van der Waals surface area contributed by atoms with Crippen LogP contribution in [0.5, 0.6) is 5.75 Å². The van der Waals surface area contributed by atoms with Gasteiger partial charge >= 0.3 is 0 Å². The number of hydrogen-bond donors (Lipinski definition) is 1. The fraction of sp³-hybridized carbons (Fsp3) is 0.0588. The number of thiocarbonyl (C=S) groups is 1. The third kappa shape index (κ3) is 4.27. The molecule has 2 aromatic carbocycles. The number of nitrogens with one attached hydrogen (secondary N) is 1. The highest BCUT2D eigenvalue weighted by molar-refractivity contribution is 9.11. The molecule has 3 rings (SSSR count). The lowest BCUT2D eigenvalue weighted by Gasteiger charge is -2.11. The summed E-state index contributed by atoms with van der Waals surface area (Å²) in [7, 11) is 0. The van der Waals surface area contributed by atoms with E-state index in [0.717, 1.165) is 25.8 Å². The standard InChI is InChI=1S/C17H11Br2NO2S2/c18-12-6-11(8-14-16(21)20-17(23)24-14)7-13(19)15(12)22-9-10-4-2-1-3-5-10/h1-8H,9H2,(H,20,21,23). The first-order valence-electron chi connectivity index (χ1n) is 6.93. The van der Waals surface area contributed by atoms with Gasteiger partial charge in [0, 0.05) is 0 Å². The van der Waals surface area contributed by atoms with Crippen molar-refractivity contribution in [2.75, 3.05) is 0 Å². The van der Waals surface area contributed by atoms with Gasteiger partial charge in [0.25, 0.3) is 5.91 Å². The fourth-order valence-corrected chi connectivity index (χ4v) is 4.60. The van der Waals surface area contributed by atoms with Crippen molar-refractivity contribution >= 4 is 72.1 Å². The van der Waals surface area contributed by atoms with Crippen LogP contribution in [0.2, 0.25) is 0 Å². The van der Waals surface area contributed by atoms with E-state index in [1.807, 2.05) is 42.5 Å². The van der Waals surface area contributed by atoms with E-state index in [1.54, 1.807) is 6.08 Å². The Bertz CT molecular complexity index is 815. The number of rotatable bonds is 4. The van der Waals surface area contributed by atoms with Gasteiger partial charge in [-0.15, -0.1) is 0 Å². The van der Waals surface area contributed by atoms with E-state index in [4.69, 9.17) is 17.0 Å². The number of halogens is 2. The topological polar surface area (TPSA) is 38.3 Å². The number of carbonyl (C=O) groups excluding carboxylic acids is 1. The van der Waals surface area contributed by atoms with Gasteiger partial charge in [0.1, 0.15) is 16.7 Å². The Kier molecular flexibility index (Phi) is 5.76. The zero-order valence-corrected chi connectivity index (χ0v) is 17.0. The summed E-state index contributed by atoms with van der Waals surface area (Å²) in [5.74, 6) is 0.557. The molecule has 1 N–H and O–H groups in total. The van der Waals surface area contributed by atoms with Crippen molar-refractivity contribution in [2.24, 2.45) is 0 Å². The Morgan fingerprint density at radius 3 is 2.42 bits per heavy atom. The SMILES string of the molecule is O=C1NC(=S)SC1=Cc1cc(Br)c(OCc2ccccc2)c(Br)c1. The van der Waals surface area contributed by atoms with Crippen molar-refractivity contribution in [1.29, 1.82) is 0 Å². The van der Waals surface area contributed by atoms with E-state index in [1.165, 1.54) is 11.8 Å². The summed E-state index contributed by atoms with van der Waals surface area (Å²) < 4.78 is 8.00. The molecule has 1 aliphatic heterocycles. The van der Waals surface area contributed by atoms with E-state index < -0.39 is 0 Å². The normalized spacial score (nSPS) is 15.7. The number of amides is 1. The van der Waals surface area contributed by atoms with E-state index in [-0.39, 0.29) is 5.91 Å². The maximum Gasteiger partial charge on any atom is 0.263 e. The molecule has 0 spiro atoms. The predicted octanol–water partition coefficient (Wildman–Crippen LogP) is 5.28. The Morgan fingerprint density at radius 2 is 1.83 bits per heavy atom. The van der Waals surface area contributed by atoms with E-state index in [9.17, 15) is 4.79 Å². The van der Waals surface area contributed by atoms with Gasteiger partial charge in [0.2, 0.25) is 0 Å². The maximum atomic E-state index is 11.7. The summed E-state index contributed by atoms with van der Waals surface area (Å²) in [6.07, 6.45) is 1.80. The minimum absolute atomic E-state index is 0.165. The first kappa shape index (κ1) is 17.7. The second-order valence-corrected chi connectivity index (χ2v) is 8.37. The molecule has 122 valence electrons. The average Bonchev–Trinajstić information content (AvgIpc) is 2.85. The van der Waals surface area contributed by atoms with Crippen molar-refractivity contribution in [3.8, 4) is 5.75 Å². The fourth-order valence-electron chi connectivity index (χ4n) is 2.10. The maximum absolute atomic E-state index is 11.7. The van der Waals surface area contributed by atoms with Gasteiger partial charge < -0.3 is 10.1 Å². The Morgan fingerprint density at radius 1 is 1.17 bits per heavy atom. The lowest BCUT2D eigenvalue weighted by atomic mass is 10.2. The second kappa shape index (κ2) is 7.82. The molecule has 3 nitrogen and oxygen atoms in total. The predicted molar refractivity (Wildman–Crippen MR) is 109 cm³/mol. The van der Waals surface area contributed by atoms with Gasteiger partial charge in [-0.3, -0.25) is 4.79 Å². The highest BCUT2D eigenvalue weighted by Gasteiger charge is 2.22. The van der Waals surface area contributed by atoms with Crippen molar-refractivity contribution in [2.45, 2.75) is 6.61 Å². The molecule has 0 radical (unpaired) electrons. The van der Waals surface area contributed by atoms with Crippen molar-refractivity contribution in [1.82, 2.24) is 5.32 Å². The third-order valence-corrected chi connectivity index (χ3v) is 5.53. The van der Waals surface area contributed by atoms with Crippen LogP contribution in [0.15, 0.2) is 56.3 Å². The van der Waals surface area contributed by atoms with Crippen LogP contribution in [0.25, 0.3) is 6.08 Å². The van der Waals surface area contributed by atoms with Crippen LogP contribution in [0.1, 0.15) is 11.1 Å². The van der Waals surface area contributed by atoms with Gasteiger partial charge in [-0.2, -0.15) is 0 Å². The number of hydrogen-bond acceptors (Lipinski definition) is 4. The highest BCUT2D eigenvalue weighted by Crippen LogP contribution is 2.37. The summed E-state index contributed by atoms with van der Waals surface area (Å²) >= 11 is 13.3. The molecule has 0 aliphatic carbocycles. The quantitative estimate of drug-likeness (QED) is 0.473. The minimum Gasteiger partial charge on any atom is -0.487 e. The van der Waals surface area contributed by atoms with Crippen LogP contribution in [0, 0.1) is 0 Å². The summed E-state index contributed by atoms with van der Waals surface area (Å²) in [6, 6.07) is 13.8. The molecule has 2 aromatic rings. The molecular formula is C17H11Br2NO2S2. The molecule has 1 heterocycles. The Hall–Kier alpha value is -1.15. The highest BCUT2D eigenvalue weighted by atomic mass is 79.9. The molecular weight excluding hydrogens is 474 g/mol. The monoisotopic (exact) mass is 483 g/mol. The average molecular weight is 485 g/mol. The van der Waals surface area contributed by atoms with Crippen LogP contribution in [-0.2, 0) is 11.4 Å². The molecule has 7 heteroatoms. The Balaban J connectivity index is 1.80. The summed E-state index contributed by atoms with van der Waals surface area (Å²) in [4.78, 5) is 12.3. The molecule has 0 unspecified atom stereocenters. The lowest BCUT2D eigenvalue weighted by Crippen LogP contribution is -2.17. The number of carbonyl (C=O) groups is 1. The minimum atomic E-state index is -0.165. The van der Waals surface area contributed by atoms with Gasteiger partial charge in [-0.05, 0) is 61.2 Å². The van der Waals surface area contributed by atoms with Gasteiger partial charge in [0.15, 0.2) is 0 Å². The molecule has 0 bridgehead atoms. The molecule has 1 amide bonds. The number of benzene rings is 2. The zero-order valence-electron chi connectivity index (χ0n) is 12.2. The molecule has 24 heavy (non-hydrogen) atoms. The first-order valence-corrected chi connectivity index (χ1v) is 9.74. The summed E-state index contributed by atoms with van der Waals surface area (Å²) in [5, 5.41) is 2.61. The van der Waals surface area contributed by atoms with Gasteiger partial charge in [0.05, 0.1) is 13.9 Å². The largest absolute Gasteiger partial charge is 0.487 e. The van der Waals surface area contributed by atoms with E-state index in [0.29, 0.717) is 15.8 Å². The van der Waals surface area contributed by atoms with Crippen LogP contribution in [0.4, 0.5) is 0 Å². The smallest absolute Gasteiger partial charge is 0.263 e. The van der Waals surface area contributed by atoms with Crippen LogP contribution in [-0.4, -0.2) is 10.2 Å².